The zero-order valence-electron chi connectivity index (χ0n) is 6.36. The van der Waals surface area contributed by atoms with Crippen molar-refractivity contribution in [2.45, 2.75) is 6.04 Å². The van der Waals surface area contributed by atoms with Crippen LogP contribution in [0.15, 0.2) is 4.99 Å². The number of carbonyl (C=O) groups is 1. The Morgan fingerprint density at radius 1 is 1.91 bits per heavy atom. The predicted molar refractivity (Wildman–Crippen MR) is 42.7 cm³/mol. The maximum atomic E-state index is 10.9. The first-order valence-corrected chi connectivity index (χ1v) is 4.33. The molecule has 0 aromatic rings. The molecule has 5 heteroatoms. The quantitative estimate of drug-likeness (QED) is 0.537. The van der Waals surface area contributed by atoms with Crippen LogP contribution >= 0.6 is 11.8 Å². The monoisotopic (exact) mass is 175 g/mol. The summed E-state index contributed by atoms with van der Waals surface area (Å²) in [5, 5.41) is 0.556. The second kappa shape index (κ2) is 3.61. The average molecular weight is 175 g/mol. The van der Waals surface area contributed by atoms with E-state index >= 15 is 0 Å². The number of esters is 1. The van der Waals surface area contributed by atoms with Crippen LogP contribution < -0.4 is 0 Å². The fourth-order valence-electron chi connectivity index (χ4n) is 0.720. The summed E-state index contributed by atoms with van der Waals surface area (Å²) in [7, 11) is 1.34. The molecule has 0 amide bonds. The SMILES string of the molecule is COC(=O)[C@@H]1COC(SC)=N1. The van der Waals surface area contributed by atoms with Gasteiger partial charge < -0.3 is 9.47 Å². The minimum Gasteiger partial charge on any atom is -0.470 e. The highest BCUT2D eigenvalue weighted by Gasteiger charge is 2.25. The minimum atomic E-state index is -0.456. The number of rotatable bonds is 1. The second-order valence-corrected chi connectivity index (χ2v) is 2.71. The van der Waals surface area contributed by atoms with E-state index in [-0.39, 0.29) is 5.97 Å². The van der Waals surface area contributed by atoms with Gasteiger partial charge in [-0.05, 0) is 6.26 Å². The van der Waals surface area contributed by atoms with E-state index in [0.717, 1.165) is 0 Å². The van der Waals surface area contributed by atoms with Gasteiger partial charge in [-0.1, -0.05) is 11.8 Å². The lowest BCUT2D eigenvalue weighted by atomic mass is 10.3. The van der Waals surface area contributed by atoms with E-state index in [0.29, 0.717) is 11.8 Å². The molecule has 1 rings (SSSR count). The molecular weight excluding hydrogens is 166 g/mol. The third-order valence-corrected chi connectivity index (χ3v) is 1.85. The van der Waals surface area contributed by atoms with E-state index in [1.54, 1.807) is 0 Å². The molecule has 11 heavy (non-hydrogen) atoms. The number of methoxy groups -OCH3 is 1. The van der Waals surface area contributed by atoms with Crippen molar-refractivity contribution in [2.24, 2.45) is 4.99 Å². The number of hydrogen-bond acceptors (Lipinski definition) is 5. The molecule has 0 aliphatic carbocycles. The van der Waals surface area contributed by atoms with Gasteiger partial charge in [0, 0.05) is 0 Å². The lowest BCUT2D eigenvalue weighted by Gasteiger charge is -1.99. The topological polar surface area (TPSA) is 47.9 Å². The first-order chi connectivity index (χ1) is 5.27. The number of thioether (sulfide) groups is 1. The highest BCUT2D eigenvalue weighted by molar-refractivity contribution is 8.12. The summed E-state index contributed by atoms with van der Waals surface area (Å²) in [5.74, 6) is -0.339. The third-order valence-electron chi connectivity index (χ3n) is 1.27. The smallest absolute Gasteiger partial charge is 0.334 e. The molecule has 0 radical (unpaired) electrons. The van der Waals surface area contributed by atoms with E-state index < -0.39 is 6.04 Å². The molecule has 4 nitrogen and oxygen atoms in total. The van der Waals surface area contributed by atoms with Crippen molar-refractivity contribution in [2.75, 3.05) is 20.0 Å². The van der Waals surface area contributed by atoms with Crippen LogP contribution in [0, 0.1) is 0 Å². The number of hydrogen-bond donors (Lipinski definition) is 0. The highest BCUT2D eigenvalue weighted by Crippen LogP contribution is 2.12. The molecular formula is C6H9NO3S. The summed E-state index contributed by atoms with van der Waals surface area (Å²) >= 11 is 1.38. The van der Waals surface area contributed by atoms with Crippen LogP contribution in [0.1, 0.15) is 0 Å². The molecule has 0 unspecified atom stereocenters. The Kier molecular flexibility index (Phi) is 2.76. The summed E-state index contributed by atoms with van der Waals surface area (Å²) in [6.45, 7) is 0.308. The lowest BCUT2D eigenvalue weighted by molar-refractivity contribution is -0.142. The Morgan fingerprint density at radius 2 is 2.64 bits per heavy atom. The van der Waals surface area contributed by atoms with Gasteiger partial charge in [-0.3, -0.25) is 0 Å². The number of nitrogens with zero attached hydrogens (tertiary/aromatic N) is 1. The molecule has 1 heterocycles. The highest BCUT2D eigenvalue weighted by atomic mass is 32.2. The molecule has 1 atom stereocenters. The van der Waals surface area contributed by atoms with Gasteiger partial charge in [0.1, 0.15) is 6.61 Å². The van der Waals surface area contributed by atoms with Crippen LogP contribution in [-0.4, -0.2) is 37.2 Å². The van der Waals surface area contributed by atoms with E-state index in [1.807, 2.05) is 6.26 Å². The van der Waals surface area contributed by atoms with Crippen molar-refractivity contribution >= 4 is 23.0 Å². The van der Waals surface area contributed by atoms with Gasteiger partial charge in [0.25, 0.3) is 0 Å². The van der Waals surface area contributed by atoms with Crippen molar-refractivity contribution in [3.8, 4) is 0 Å². The van der Waals surface area contributed by atoms with Gasteiger partial charge in [-0.15, -0.1) is 0 Å². The normalized spacial score (nSPS) is 22.4. The van der Waals surface area contributed by atoms with Crippen LogP contribution in [0.3, 0.4) is 0 Å². The van der Waals surface area contributed by atoms with Gasteiger partial charge in [0.2, 0.25) is 5.23 Å². The Labute approximate surface area is 69.0 Å². The molecule has 62 valence electrons. The number of aliphatic imine (C=N–C) groups is 1. The fraction of sp³-hybridized carbons (Fsp3) is 0.667. The molecule has 0 saturated carbocycles. The van der Waals surface area contributed by atoms with Crippen molar-refractivity contribution < 1.29 is 14.3 Å². The first-order valence-electron chi connectivity index (χ1n) is 3.10. The van der Waals surface area contributed by atoms with Crippen molar-refractivity contribution in [3.05, 3.63) is 0 Å². The summed E-state index contributed by atoms with van der Waals surface area (Å²) < 4.78 is 9.54. The van der Waals surface area contributed by atoms with Gasteiger partial charge in [-0.25, -0.2) is 9.79 Å². The average Bonchev–Trinajstić information content (AvgIpc) is 2.50. The van der Waals surface area contributed by atoms with Gasteiger partial charge in [0.05, 0.1) is 7.11 Å². The summed E-state index contributed by atoms with van der Waals surface area (Å²) in [6, 6.07) is -0.456. The summed E-state index contributed by atoms with van der Waals surface area (Å²) in [6.07, 6.45) is 1.85. The molecule has 0 bridgehead atoms. The number of ether oxygens (including phenoxy) is 2. The van der Waals surface area contributed by atoms with Crippen LogP contribution in [-0.2, 0) is 14.3 Å². The van der Waals surface area contributed by atoms with Crippen LogP contribution in [0.2, 0.25) is 0 Å². The van der Waals surface area contributed by atoms with Gasteiger partial charge in [0.15, 0.2) is 6.04 Å². The molecule has 1 aliphatic heterocycles. The molecule has 0 aromatic carbocycles. The molecule has 1 aliphatic rings. The molecule has 0 N–H and O–H groups in total. The maximum absolute atomic E-state index is 10.9. The Bertz CT molecular complexity index is 192. The first kappa shape index (κ1) is 8.39. The molecule has 0 spiro atoms. The van der Waals surface area contributed by atoms with Crippen LogP contribution in [0.25, 0.3) is 0 Å². The minimum absolute atomic E-state index is 0.308. The van der Waals surface area contributed by atoms with E-state index in [1.165, 1.54) is 18.9 Å². The molecule has 0 fully saturated rings. The Balaban J connectivity index is 2.52. The van der Waals surface area contributed by atoms with Crippen molar-refractivity contribution in [3.63, 3.8) is 0 Å². The van der Waals surface area contributed by atoms with Crippen LogP contribution in [0.4, 0.5) is 0 Å². The van der Waals surface area contributed by atoms with E-state index in [2.05, 4.69) is 9.73 Å². The zero-order valence-corrected chi connectivity index (χ0v) is 7.18. The Morgan fingerprint density at radius 3 is 3.09 bits per heavy atom. The standard InChI is InChI=1S/C6H9NO3S/c1-9-5(8)4-3-10-6(7-4)11-2/h4H,3H2,1-2H3/t4-/m0/s1. The van der Waals surface area contributed by atoms with Crippen molar-refractivity contribution in [1.82, 2.24) is 0 Å². The summed E-state index contributed by atoms with van der Waals surface area (Å²) in [5.41, 5.74) is 0. The van der Waals surface area contributed by atoms with E-state index in [9.17, 15) is 4.79 Å². The molecule has 0 saturated heterocycles. The zero-order chi connectivity index (χ0) is 8.27. The van der Waals surface area contributed by atoms with Gasteiger partial charge >= 0.3 is 5.97 Å². The van der Waals surface area contributed by atoms with Gasteiger partial charge in [-0.2, -0.15) is 0 Å². The fourth-order valence-corrected chi connectivity index (χ4v) is 1.14. The maximum Gasteiger partial charge on any atom is 0.334 e. The Hall–Kier alpha value is -0.710. The third kappa shape index (κ3) is 1.86. The largest absolute Gasteiger partial charge is 0.470 e. The van der Waals surface area contributed by atoms with E-state index in [4.69, 9.17) is 4.74 Å². The number of carbonyl (C=O) groups excluding carboxylic acids is 1. The van der Waals surface area contributed by atoms with Crippen molar-refractivity contribution in [1.29, 1.82) is 0 Å². The second-order valence-electron chi connectivity index (χ2n) is 1.95. The van der Waals surface area contributed by atoms with Crippen LogP contribution in [0.5, 0.6) is 0 Å². The molecule has 0 aromatic heterocycles. The lowest BCUT2D eigenvalue weighted by Crippen LogP contribution is -2.21. The predicted octanol–water partition coefficient (Wildman–Crippen LogP) is 0.277. The summed E-state index contributed by atoms with van der Waals surface area (Å²) in [4.78, 5) is 14.8.